The number of amides is 2. The van der Waals surface area contributed by atoms with Crippen molar-refractivity contribution in [3.8, 4) is 16.9 Å². The van der Waals surface area contributed by atoms with Crippen molar-refractivity contribution in [1.29, 1.82) is 0 Å². The highest BCUT2D eigenvalue weighted by atomic mass is 32.1. The molecule has 4 rings (SSSR count). The van der Waals surface area contributed by atoms with Crippen LogP contribution in [-0.4, -0.2) is 44.0 Å². The predicted octanol–water partition coefficient (Wildman–Crippen LogP) is 4.17. The number of hydrogen-bond acceptors (Lipinski definition) is 4. The number of hydrogen-bond donors (Lipinski definition) is 1. The van der Waals surface area contributed by atoms with Crippen LogP contribution < -0.4 is 10.1 Å². The fraction of sp³-hybridized carbons (Fsp3) is 0.308. The Morgan fingerprint density at radius 1 is 1.09 bits per heavy atom. The number of likely N-dealkylation sites (tertiary alicyclic amines) is 1. The van der Waals surface area contributed by atoms with E-state index in [1.807, 2.05) is 29.2 Å². The summed E-state index contributed by atoms with van der Waals surface area (Å²) in [6, 6.07) is 18.1. The van der Waals surface area contributed by atoms with Crippen LogP contribution in [0.3, 0.4) is 0 Å². The molecule has 0 aliphatic carbocycles. The van der Waals surface area contributed by atoms with Crippen molar-refractivity contribution in [2.75, 3.05) is 27.2 Å². The molecule has 1 saturated heterocycles. The lowest BCUT2D eigenvalue weighted by Crippen LogP contribution is -2.44. The summed E-state index contributed by atoms with van der Waals surface area (Å²) in [6.07, 6.45) is 1.52. The van der Waals surface area contributed by atoms with Gasteiger partial charge in [0.15, 0.2) is 0 Å². The number of carbonyl (C=O) groups excluding carboxylic acids is 2. The predicted molar refractivity (Wildman–Crippen MR) is 128 cm³/mol. The minimum atomic E-state index is -0.616. The molecule has 2 aromatic carbocycles. The Labute approximate surface area is 193 Å². The monoisotopic (exact) mass is 448 g/mol. The lowest BCUT2D eigenvalue weighted by molar-refractivity contribution is -0.132. The maximum atomic E-state index is 13.0. The molecule has 1 fully saturated rings. The number of thiophene rings is 1. The van der Waals surface area contributed by atoms with Crippen LogP contribution in [0, 0.1) is 5.41 Å². The number of benzene rings is 2. The van der Waals surface area contributed by atoms with Crippen molar-refractivity contribution in [1.82, 2.24) is 10.2 Å². The fourth-order valence-electron chi connectivity index (χ4n) is 4.52. The molecule has 1 aliphatic heterocycles. The summed E-state index contributed by atoms with van der Waals surface area (Å²) >= 11 is 1.68. The van der Waals surface area contributed by atoms with Crippen LogP contribution in [0.4, 0.5) is 0 Å². The molecule has 32 heavy (non-hydrogen) atoms. The maximum absolute atomic E-state index is 13.0. The summed E-state index contributed by atoms with van der Waals surface area (Å²) in [5, 5.41) is 7.03. The molecular formula is C26H28N2O3S. The standard InChI is InChI=1S/C26H28N2O3S/c1-27-25(30)26(16-19-7-9-20(10-8-19)22-11-14-32-17-22)12-13-28(18-26)24(29)15-21-5-3-4-6-23(21)31-2/h3-11,14,17H,12-13,15-16,18H2,1-2H3,(H,27,30)/t26-/m0/s1. The first kappa shape index (κ1) is 22.1. The van der Waals surface area contributed by atoms with Crippen molar-refractivity contribution in [2.24, 2.45) is 5.41 Å². The van der Waals surface area contributed by atoms with Gasteiger partial charge in [-0.15, -0.1) is 0 Å². The van der Waals surface area contributed by atoms with Gasteiger partial charge in [0.25, 0.3) is 0 Å². The van der Waals surface area contributed by atoms with Gasteiger partial charge >= 0.3 is 0 Å². The first-order chi connectivity index (χ1) is 15.5. The summed E-state index contributed by atoms with van der Waals surface area (Å²) in [6.45, 7) is 1.00. The molecule has 1 aromatic heterocycles. The largest absolute Gasteiger partial charge is 0.496 e. The van der Waals surface area contributed by atoms with Gasteiger partial charge < -0.3 is 15.0 Å². The van der Waals surface area contributed by atoms with E-state index < -0.39 is 5.41 Å². The zero-order chi connectivity index (χ0) is 22.6. The van der Waals surface area contributed by atoms with E-state index in [2.05, 4.69) is 46.4 Å². The van der Waals surface area contributed by atoms with Crippen molar-refractivity contribution in [2.45, 2.75) is 19.3 Å². The van der Waals surface area contributed by atoms with Gasteiger partial charge in [0.1, 0.15) is 5.75 Å². The van der Waals surface area contributed by atoms with Crippen LogP contribution in [0.2, 0.25) is 0 Å². The molecule has 6 heteroatoms. The number of methoxy groups -OCH3 is 1. The Morgan fingerprint density at radius 3 is 2.56 bits per heavy atom. The van der Waals surface area contributed by atoms with Gasteiger partial charge in [-0.25, -0.2) is 0 Å². The first-order valence-electron chi connectivity index (χ1n) is 10.8. The van der Waals surface area contributed by atoms with E-state index in [1.54, 1.807) is 25.5 Å². The Morgan fingerprint density at radius 2 is 1.88 bits per heavy atom. The minimum absolute atomic E-state index is 0.00740. The third-order valence-electron chi connectivity index (χ3n) is 6.30. The molecule has 0 bridgehead atoms. The zero-order valence-electron chi connectivity index (χ0n) is 18.5. The molecule has 0 unspecified atom stereocenters. The highest BCUT2D eigenvalue weighted by Gasteiger charge is 2.45. The molecule has 1 atom stereocenters. The summed E-state index contributed by atoms with van der Waals surface area (Å²) < 4.78 is 5.39. The number of nitrogens with zero attached hydrogens (tertiary/aromatic N) is 1. The molecule has 5 nitrogen and oxygen atoms in total. The third-order valence-corrected chi connectivity index (χ3v) is 6.98. The van der Waals surface area contributed by atoms with Crippen LogP contribution in [0.1, 0.15) is 17.5 Å². The highest BCUT2D eigenvalue weighted by Crippen LogP contribution is 2.36. The van der Waals surface area contributed by atoms with Crippen LogP contribution >= 0.6 is 11.3 Å². The summed E-state index contributed by atoms with van der Waals surface area (Å²) in [4.78, 5) is 27.8. The van der Waals surface area contributed by atoms with Gasteiger partial charge in [0, 0.05) is 25.7 Å². The molecule has 0 saturated carbocycles. The Balaban J connectivity index is 1.49. The van der Waals surface area contributed by atoms with Gasteiger partial charge in [-0.3, -0.25) is 9.59 Å². The van der Waals surface area contributed by atoms with Crippen LogP contribution in [0.25, 0.3) is 11.1 Å². The quantitative estimate of drug-likeness (QED) is 0.590. The Bertz CT molecular complexity index is 1080. The van der Waals surface area contributed by atoms with Crippen LogP contribution in [0.15, 0.2) is 65.4 Å². The highest BCUT2D eigenvalue weighted by molar-refractivity contribution is 7.08. The number of rotatable bonds is 7. The summed E-state index contributed by atoms with van der Waals surface area (Å²) in [5.74, 6) is 0.725. The molecule has 166 valence electrons. The summed E-state index contributed by atoms with van der Waals surface area (Å²) in [7, 11) is 3.28. The normalized spacial score (nSPS) is 17.9. The van der Waals surface area contributed by atoms with E-state index in [1.165, 1.54) is 11.1 Å². The third kappa shape index (κ3) is 4.55. The van der Waals surface area contributed by atoms with Gasteiger partial charge in [-0.2, -0.15) is 11.3 Å². The van der Waals surface area contributed by atoms with Gasteiger partial charge in [-0.1, -0.05) is 42.5 Å². The Kier molecular flexibility index (Phi) is 6.61. The zero-order valence-corrected chi connectivity index (χ0v) is 19.3. The molecule has 0 spiro atoms. The molecule has 2 amide bonds. The molecular weight excluding hydrogens is 420 g/mol. The van der Waals surface area contributed by atoms with E-state index in [0.29, 0.717) is 31.7 Å². The lowest BCUT2D eigenvalue weighted by atomic mass is 9.79. The average molecular weight is 449 g/mol. The minimum Gasteiger partial charge on any atom is -0.496 e. The van der Waals surface area contributed by atoms with Gasteiger partial charge in [0.2, 0.25) is 11.8 Å². The second-order valence-electron chi connectivity index (χ2n) is 8.30. The summed E-state index contributed by atoms with van der Waals surface area (Å²) in [5.41, 5.74) is 3.73. The number of ether oxygens (including phenoxy) is 1. The second kappa shape index (κ2) is 9.57. The van der Waals surface area contributed by atoms with Crippen molar-refractivity contribution < 1.29 is 14.3 Å². The molecule has 3 aromatic rings. The van der Waals surface area contributed by atoms with Crippen molar-refractivity contribution in [3.63, 3.8) is 0 Å². The fourth-order valence-corrected chi connectivity index (χ4v) is 5.18. The van der Waals surface area contributed by atoms with Gasteiger partial charge in [-0.05, 0) is 52.4 Å². The molecule has 1 N–H and O–H groups in total. The topological polar surface area (TPSA) is 58.6 Å². The van der Waals surface area contributed by atoms with Crippen molar-refractivity contribution >= 4 is 23.2 Å². The van der Waals surface area contributed by atoms with E-state index in [9.17, 15) is 9.59 Å². The molecule has 0 radical (unpaired) electrons. The van der Waals surface area contributed by atoms with E-state index in [-0.39, 0.29) is 18.2 Å². The average Bonchev–Trinajstić information content (AvgIpc) is 3.51. The first-order valence-corrected chi connectivity index (χ1v) is 11.7. The molecule has 1 aliphatic rings. The SMILES string of the molecule is CNC(=O)[C@]1(Cc2ccc(-c3ccsc3)cc2)CCN(C(=O)Cc2ccccc2OC)C1. The lowest BCUT2D eigenvalue weighted by Gasteiger charge is -2.28. The van der Waals surface area contributed by atoms with Crippen LogP contribution in [-0.2, 0) is 22.4 Å². The number of nitrogens with one attached hydrogen (secondary N) is 1. The number of para-hydroxylation sites is 1. The number of carbonyl (C=O) groups is 2. The Hall–Kier alpha value is -3.12. The smallest absolute Gasteiger partial charge is 0.228 e. The van der Waals surface area contributed by atoms with E-state index in [0.717, 1.165) is 11.1 Å². The van der Waals surface area contributed by atoms with E-state index in [4.69, 9.17) is 4.74 Å². The maximum Gasteiger partial charge on any atom is 0.228 e. The second-order valence-corrected chi connectivity index (χ2v) is 9.08. The van der Waals surface area contributed by atoms with E-state index >= 15 is 0 Å². The van der Waals surface area contributed by atoms with Crippen molar-refractivity contribution in [3.05, 3.63) is 76.5 Å². The molecule has 2 heterocycles. The van der Waals surface area contributed by atoms with Crippen LogP contribution in [0.5, 0.6) is 5.75 Å². The van der Waals surface area contributed by atoms with Gasteiger partial charge in [0.05, 0.1) is 18.9 Å².